The molecule has 0 aliphatic heterocycles. The standard InChI is InChI=1S/C12H16FN/c1-9(8-14-3)6-11-7-12(13)5-4-10(11)2/h4-7,14H,8H2,1-3H3/b9-6+. The fraction of sp³-hybridized carbons (Fsp3) is 0.333. The Labute approximate surface area is 84.6 Å². The Hall–Kier alpha value is -1.15. The van der Waals surface area contributed by atoms with Crippen LogP contribution in [0.5, 0.6) is 0 Å². The average molecular weight is 193 g/mol. The molecule has 0 atom stereocenters. The summed E-state index contributed by atoms with van der Waals surface area (Å²) in [6, 6.07) is 4.85. The summed E-state index contributed by atoms with van der Waals surface area (Å²) >= 11 is 0. The molecule has 0 spiro atoms. The molecule has 0 heterocycles. The van der Waals surface area contributed by atoms with E-state index in [1.54, 1.807) is 12.1 Å². The Bertz CT molecular complexity index is 342. The zero-order chi connectivity index (χ0) is 10.6. The van der Waals surface area contributed by atoms with Gasteiger partial charge in [-0.1, -0.05) is 17.7 Å². The molecule has 1 nitrogen and oxygen atoms in total. The maximum Gasteiger partial charge on any atom is 0.123 e. The van der Waals surface area contributed by atoms with Crippen molar-refractivity contribution in [3.05, 3.63) is 40.7 Å². The van der Waals surface area contributed by atoms with Crippen LogP contribution in [0.15, 0.2) is 23.8 Å². The van der Waals surface area contributed by atoms with Gasteiger partial charge in [-0.05, 0) is 44.2 Å². The van der Waals surface area contributed by atoms with E-state index in [1.807, 2.05) is 27.0 Å². The van der Waals surface area contributed by atoms with E-state index in [0.29, 0.717) is 0 Å². The van der Waals surface area contributed by atoms with E-state index in [0.717, 1.165) is 17.7 Å². The second-order valence-electron chi connectivity index (χ2n) is 3.52. The van der Waals surface area contributed by atoms with Crippen LogP contribution in [-0.2, 0) is 0 Å². The van der Waals surface area contributed by atoms with E-state index >= 15 is 0 Å². The van der Waals surface area contributed by atoms with Gasteiger partial charge in [0, 0.05) is 6.54 Å². The molecule has 0 aliphatic rings. The molecule has 1 N–H and O–H groups in total. The van der Waals surface area contributed by atoms with Gasteiger partial charge in [0.25, 0.3) is 0 Å². The number of aryl methyl sites for hydroxylation is 1. The molecule has 0 saturated heterocycles. The topological polar surface area (TPSA) is 12.0 Å². The van der Waals surface area contributed by atoms with Crippen LogP contribution in [0.2, 0.25) is 0 Å². The van der Waals surface area contributed by atoms with Crippen LogP contribution in [0.4, 0.5) is 4.39 Å². The average Bonchev–Trinajstić information content (AvgIpc) is 2.12. The molecule has 1 rings (SSSR count). The molecule has 76 valence electrons. The van der Waals surface area contributed by atoms with Crippen LogP contribution in [0.3, 0.4) is 0 Å². The van der Waals surface area contributed by atoms with Crippen molar-refractivity contribution in [1.29, 1.82) is 0 Å². The van der Waals surface area contributed by atoms with Gasteiger partial charge in [0.15, 0.2) is 0 Å². The van der Waals surface area contributed by atoms with E-state index in [9.17, 15) is 4.39 Å². The Morgan fingerprint density at radius 1 is 1.50 bits per heavy atom. The molecule has 0 unspecified atom stereocenters. The molecule has 0 amide bonds. The lowest BCUT2D eigenvalue weighted by Gasteiger charge is -2.03. The first kappa shape index (κ1) is 10.9. The van der Waals surface area contributed by atoms with E-state index in [2.05, 4.69) is 5.32 Å². The van der Waals surface area contributed by atoms with Gasteiger partial charge in [-0.25, -0.2) is 4.39 Å². The summed E-state index contributed by atoms with van der Waals surface area (Å²) in [7, 11) is 1.90. The lowest BCUT2D eigenvalue weighted by molar-refractivity contribution is 0.627. The van der Waals surface area contributed by atoms with Gasteiger partial charge in [0.05, 0.1) is 0 Å². The van der Waals surface area contributed by atoms with Crippen LogP contribution in [-0.4, -0.2) is 13.6 Å². The Morgan fingerprint density at radius 3 is 2.86 bits per heavy atom. The predicted octanol–water partition coefficient (Wildman–Crippen LogP) is 2.76. The highest BCUT2D eigenvalue weighted by Crippen LogP contribution is 2.13. The number of likely N-dealkylation sites (N-methyl/N-ethyl adjacent to an activating group) is 1. The quantitative estimate of drug-likeness (QED) is 0.778. The number of rotatable bonds is 3. The van der Waals surface area contributed by atoms with Gasteiger partial charge in [-0.3, -0.25) is 0 Å². The van der Waals surface area contributed by atoms with Gasteiger partial charge in [0.1, 0.15) is 5.82 Å². The van der Waals surface area contributed by atoms with E-state index in [1.165, 1.54) is 11.6 Å². The molecular formula is C12H16FN. The van der Waals surface area contributed by atoms with Gasteiger partial charge < -0.3 is 5.32 Å². The van der Waals surface area contributed by atoms with Crippen molar-refractivity contribution >= 4 is 6.08 Å². The molecule has 2 heteroatoms. The molecule has 0 aromatic heterocycles. The van der Waals surface area contributed by atoms with Crippen LogP contribution in [0.25, 0.3) is 6.08 Å². The third-order valence-electron chi connectivity index (χ3n) is 2.10. The first-order valence-corrected chi connectivity index (χ1v) is 4.71. The first-order valence-electron chi connectivity index (χ1n) is 4.71. The third-order valence-corrected chi connectivity index (χ3v) is 2.10. The van der Waals surface area contributed by atoms with Gasteiger partial charge in [0.2, 0.25) is 0 Å². The highest BCUT2D eigenvalue weighted by Gasteiger charge is 1.97. The fourth-order valence-electron chi connectivity index (χ4n) is 1.36. The minimum absolute atomic E-state index is 0.181. The van der Waals surface area contributed by atoms with Crippen molar-refractivity contribution in [3.8, 4) is 0 Å². The molecule has 0 radical (unpaired) electrons. The second-order valence-corrected chi connectivity index (χ2v) is 3.52. The molecule has 0 aliphatic carbocycles. The normalized spacial score (nSPS) is 11.9. The molecule has 0 saturated carbocycles. The minimum atomic E-state index is -0.181. The molecule has 0 fully saturated rings. The number of hydrogen-bond donors (Lipinski definition) is 1. The first-order chi connectivity index (χ1) is 6.63. The third kappa shape index (κ3) is 2.96. The van der Waals surface area contributed by atoms with Crippen molar-refractivity contribution in [2.75, 3.05) is 13.6 Å². The number of nitrogens with one attached hydrogen (secondary N) is 1. The van der Waals surface area contributed by atoms with Crippen molar-refractivity contribution in [3.63, 3.8) is 0 Å². The smallest absolute Gasteiger partial charge is 0.123 e. The monoisotopic (exact) mass is 193 g/mol. The lowest BCUT2D eigenvalue weighted by atomic mass is 10.1. The van der Waals surface area contributed by atoms with E-state index in [-0.39, 0.29) is 5.82 Å². The van der Waals surface area contributed by atoms with Crippen LogP contribution in [0.1, 0.15) is 18.1 Å². The lowest BCUT2D eigenvalue weighted by Crippen LogP contribution is -2.08. The summed E-state index contributed by atoms with van der Waals surface area (Å²) in [5, 5.41) is 3.06. The number of hydrogen-bond acceptors (Lipinski definition) is 1. The van der Waals surface area contributed by atoms with Crippen molar-refractivity contribution in [2.45, 2.75) is 13.8 Å². The molecule has 14 heavy (non-hydrogen) atoms. The second kappa shape index (κ2) is 4.91. The molecular weight excluding hydrogens is 177 g/mol. The van der Waals surface area contributed by atoms with Crippen molar-refractivity contribution < 1.29 is 4.39 Å². The SMILES string of the molecule is CNC/C(C)=C/c1cc(F)ccc1C. The summed E-state index contributed by atoms with van der Waals surface area (Å²) in [5.74, 6) is -0.181. The fourth-order valence-corrected chi connectivity index (χ4v) is 1.36. The van der Waals surface area contributed by atoms with Gasteiger partial charge in [-0.15, -0.1) is 0 Å². The summed E-state index contributed by atoms with van der Waals surface area (Å²) in [5.41, 5.74) is 3.25. The van der Waals surface area contributed by atoms with Crippen LogP contribution < -0.4 is 5.32 Å². The predicted molar refractivity (Wildman–Crippen MR) is 58.7 cm³/mol. The van der Waals surface area contributed by atoms with E-state index < -0.39 is 0 Å². The highest BCUT2D eigenvalue weighted by molar-refractivity contribution is 5.56. The highest BCUT2D eigenvalue weighted by atomic mass is 19.1. The molecule has 0 bridgehead atoms. The maximum atomic E-state index is 12.9. The summed E-state index contributed by atoms with van der Waals surface area (Å²) in [6.45, 7) is 4.84. The summed E-state index contributed by atoms with van der Waals surface area (Å²) < 4.78 is 12.9. The Balaban J connectivity index is 2.95. The minimum Gasteiger partial charge on any atom is -0.316 e. The van der Waals surface area contributed by atoms with Crippen LogP contribution >= 0.6 is 0 Å². The zero-order valence-corrected chi connectivity index (χ0v) is 8.89. The number of halogens is 1. The Kier molecular flexibility index (Phi) is 3.84. The van der Waals surface area contributed by atoms with Crippen LogP contribution in [0, 0.1) is 12.7 Å². The van der Waals surface area contributed by atoms with Gasteiger partial charge in [-0.2, -0.15) is 0 Å². The maximum absolute atomic E-state index is 12.9. The molecule has 1 aromatic carbocycles. The number of benzene rings is 1. The van der Waals surface area contributed by atoms with Crippen molar-refractivity contribution in [2.24, 2.45) is 0 Å². The van der Waals surface area contributed by atoms with E-state index in [4.69, 9.17) is 0 Å². The summed E-state index contributed by atoms with van der Waals surface area (Å²) in [6.07, 6.45) is 2.01. The summed E-state index contributed by atoms with van der Waals surface area (Å²) in [4.78, 5) is 0. The van der Waals surface area contributed by atoms with Gasteiger partial charge >= 0.3 is 0 Å². The molecule has 1 aromatic rings. The Morgan fingerprint density at radius 2 is 2.21 bits per heavy atom. The largest absolute Gasteiger partial charge is 0.316 e. The van der Waals surface area contributed by atoms with Crippen molar-refractivity contribution in [1.82, 2.24) is 5.32 Å². The zero-order valence-electron chi connectivity index (χ0n) is 8.89.